The minimum absolute atomic E-state index is 0.0823. The van der Waals surface area contributed by atoms with Gasteiger partial charge < -0.3 is 10.2 Å². The Kier molecular flexibility index (Phi) is 6.45. The number of nitrogens with zero attached hydrogens (tertiary/aromatic N) is 3. The molecule has 1 aromatic heterocycles. The quantitative estimate of drug-likeness (QED) is 0.780. The number of anilines is 2. The molecule has 1 saturated heterocycles. The van der Waals surface area contributed by atoms with Crippen LogP contribution in [0.5, 0.6) is 0 Å². The average Bonchev–Trinajstić information content (AvgIpc) is 2.64. The maximum Gasteiger partial charge on any atom is 0.234 e. The smallest absolute Gasteiger partial charge is 0.234 e. The Bertz CT molecular complexity index is 753. The molecular formula is C17H19ClN4OS2. The van der Waals surface area contributed by atoms with Gasteiger partial charge in [0.2, 0.25) is 5.91 Å². The number of amides is 1. The Morgan fingerprint density at radius 3 is 2.88 bits per heavy atom. The standard InChI is InChI=1S/C17H19ClN4OS2/c1-12-2-3-13(18)10-14(12)21-15(23)11-25-17-16(19-4-5-20-17)22-6-8-24-9-7-22/h2-5,10H,6-9,11H2,1H3,(H,21,23). The summed E-state index contributed by atoms with van der Waals surface area (Å²) in [7, 11) is 0. The van der Waals surface area contributed by atoms with E-state index in [1.807, 2.05) is 30.8 Å². The molecule has 0 saturated carbocycles. The van der Waals surface area contributed by atoms with Crippen LogP contribution in [-0.2, 0) is 4.79 Å². The molecule has 1 N–H and O–H groups in total. The summed E-state index contributed by atoms with van der Waals surface area (Å²) in [6.07, 6.45) is 3.38. The lowest BCUT2D eigenvalue weighted by Crippen LogP contribution is -2.33. The molecule has 2 heterocycles. The number of rotatable bonds is 5. The number of thioether (sulfide) groups is 2. The predicted molar refractivity (Wildman–Crippen MR) is 107 cm³/mol. The lowest BCUT2D eigenvalue weighted by molar-refractivity contribution is -0.113. The van der Waals surface area contributed by atoms with Crippen LogP contribution in [0.15, 0.2) is 35.6 Å². The molecule has 5 nitrogen and oxygen atoms in total. The van der Waals surface area contributed by atoms with Crippen molar-refractivity contribution in [2.45, 2.75) is 11.9 Å². The topological polar surface area (TPSA) is 58.1 Å². The lowest BCUT2D eigenvalue weighted by Gasteiger charge is -2.28. The summed E-state index contributed by atoms with van der Waals surface area (Å²) in [6, 6.07) is 5.46. The van der Waals surface area contributed by atoms with Crippen molar-refractivity contribution in [2.75, 3.05) is 40.6 Å². The molecular weight excluding hydrogens is 376 g/mol. The normalized spacial score (nSPS) is 14.4. The summed E-state index contributed by atoms with van der Waals surface area (Å²) in [5.41, 5.74) is 1.72. The van der Waals surface area contributed by atoms with Crippen LogP contribution in [0.3, 0.4) is 0 Å². The minimum Gasteiger partial charge on any atom is -0.353 e. The van der Waals surface area contributed by atoms with Crippen LogP contribution in [0, 0.1) is 6.92 Å². The Labute approximate surface area is 160 Å². The van der Waals surface area contributed by atoms with Gasteiger partial charge in [0, 0.05) is 47.7 Å². The van der Waals surface area contributed by atoms with Gasteiger partial charge in [0.1, 0.15) is 5.03 Å². The Hall–Kier alpha value is -1.44. The summed E-state index contributed by atoms with van der Waals surface area (Å²) in [6.45, 7) is 3.86. The van der Waals surface area contributed by atoms with E-state index >= 15 is 0 Å². The average molecular weight is 395 g/mol. The van der Waals surface area contributed by atoms with E-state index in [2.05, 4.69) is 20.2 Å². The van der Waals surface area contributed by atoms with Gasteiger partial charge in [-0.2, -0.15) is 11.8 Å². The molecule has 0 atom stereocenters. The van der Waals surface area contributed by atoms with Crippen molar-refractivity contribution < 1.29 is 4.79 Å². The Morgan fingerprint density at radius 1 is 1.32 bits per heavy atom. The molecule has 1 aromatic carbocycles. The van der Waals surface area contributed by atoms with Gasteiger partial charge in [-0.25, -0.2) is 9.97 Å². The fourth-order valence-electron chi connectivity index (χ4n) is 2.46. The van der Waals surface area contributed by atoms with Gasteiger partial charge in [-0.3, -0.25) is 4.79 Å². The first-order valence-corrected chi connectivity index (χ1v) is 10.5. The maximum atomic E-state index is 12.3. The third-order valence-electron chi connectivity index (χ3n) is 3.77. The van der Waals surface area contributed by atoms with Crippen LogP contribution in [0.4, 0.5) is 11.5 Å². The summed E-state index contributed by atoms with van der Waals surface area (Å²) in [5.74, 6) is 3.26. The third-order valence-corrected chi connectivity index (χ3v) is 5.92. The first-order chi connectivity index (χ1) is 12.1. The van der Waals surface area contributed by atoms with Gasteiger partial charge >= 0.3 is 0 Å². The molecule has 3 rings (SSSR count). The zero-order valence-electron chi connectivity index (χ0n) is 13.9. The van der Waals surface area contributed by atoms with Crippen molar-refractivity contribution in [2.24, 2.45) is 0 Å². The summed E-state index contributed by atoms with van der Waals surface area (Å²) < 4.78 is 0. The number of aryl methyl sites for hydroxylation is 1. The number of hydrogen-bond acceptors (Lipinski definition) is 6. The van der Waals surface area contributed by atoms with E-state index in [0.29, 0.717) is 5.02 Å². The van der Waals surface area contributed by atoms with Crippen molar-refractivity contribution in [1.29, 1.82) is 0 Å². The number of hydrogen-bond donors (Lipinski definition) is 1. The van der Waals surface area contributed by atoms with Crippen molar-refractivity contribution in [3.63, 3.8) is 0 Å². The molecule has 1 aliphatic rings. The predicted octanol–water partition coefficient (Wildman–Crippen LogP) is 3.72. The molecule has 2 aromatic rings. The van der Waals surface area contributed by atoms with E-state index in [4.69, 9.17) is 11.6 Å². The highest BCUT2D eigenvalue weighted by Gasteiger charge is 2.18. The van der Waals surface area contributed by atoms with E-state index in [-0.39, 0.29) is 11.7 Å². The third kappa shape index (κ3) is 5.03. The van der Waals surface area contributed by atoms with E-state index < -0.39 is 0 Å². The highest BCUT2D eigenvalue weighted by atomic mass is 35.5. The van der Waals surface area contributed by atoms with Crippen molar-refractivity contribution in [3.8, 4) is 0 Å². The molecule has 0 spiro atoms. The summed E-state index contributed by atoms with van der Waals surface area (Å²) >= 11 is 9.36. The number of carbonyl (C=O) groups is 1. The molecule has 1 amide bonds. The highest BCUT2D eigenvalue weighted by Crippen LogP contribution is 2.28. The molecule has 0 unspecified atom stereocenters. The SMILES string of the molecule is Cc1ccc(Cl)cc1NC(=O)CSc1nccnc1N1CCSCC1. The van der Waals surface area contributed by atoms with Gasteiger partial charge in [-0.15, -0.1) is 0 Å². The number of aromatic nitrogens is 2. The lowest BCUT2D eigenvalue weighted by atomic mass is 10.2. The Balaban J connectivity index is 1.63. The molecule has 0 bridgehead atoms. The summed E-state index contributed by atoms with van der Waals surface area (Å²) in [4.78, 5) is 23.4. The van der Waals surface area contributed by atoms with Crippen molar-refractivity contribution in [1.82, 2.24) is 9.97 Å². The molecule has 1 fully saturated rings. The van der Waals surface area contributed by atoms with Gasteiger partial charge in [-0.1, -0.05) is 29.4 Å². The second-order valence-corrected chi connectivity index (χ2v) is 8.21. The van der Waals surface area contributed by atoms with Crippen LogP contribution in [0.25, 0.3) is 0 Å². The van der Waals surface area contributed by atoms with E-state index in [9.17, 15) is 4.79 Å². The molecule has 0 aliphatic carbocycles. The van der Waals surface area contributed by atoms with Gasteiger partial charge in [0.05, 0.1) is 5.75 Å². The van der Waals surface area contributed by atoms with Crippen LogP contribution in [-0.4, -0.2) is 46.2 Å². The second-order valence-electron chi connectivity index (χ2n) is 5.58. The van der Waals surface area contributed by atoms with Gasteiger partial charge in [0.15, 0.2) is 5.82 Å². The van der Waals surface area contributed by atoms with Crippen LogP contribution >= 0.6 is 35.1 Å². The number of halogens is 1. The largest absolute Gasteiger partial charge is 0.353 e. The zero-order chi connectivity index (χ0) is 17.6. The van der Waals surface area contributed by atoms with Crippen molar-refractivity contribution >= 4 is 52.5 Å². The van der Waals surface area contributed by atoms with Crippen molar-refractivity contribution in [3.05, 3.63) is 41.2 Å². The minimum atomic E-state index is -0.0823. The molecule has 25 heavy (non-hydrogen) atoms. The van der Waals surface area contributed by atoms with Gasteiger partial charge in [0.25, 0.3) is 0 Å². The second kappa shape index (κ2) is 8.78. The number of nitrogens with one attached hydrogen (secondary N) is 1. The molecule has 1 aliphatic heterocycles. The van der Waals surface area contributed by atoms with Crippen LogP contribution in [0.2, 0.25) is 5.02 Å². The maximum absolute atomic E-state index is 12.3. The first-order valence-electron chi connectivity index (χ1n) is 7.96. The monoisotopic (exact) mass is 394 g/mol. The van der Waals surface area contributed by atoms with E-state index in [1.54, 1.807) is 18.5 Å². The highest BCUT2D eigenvalue weighted by molar-refractivity contribution is 8.00. The van der Waals surface area contributed by atoms with E-state index in [1.165, 1.54) is 11.8 Å². The zero-order valence-corrected chi connectivity index (χ0v) is 16.3. The van der Waals surface area contributed by atoms with Gasteiger partial charge in [-0.05, 0) is 24.6 Å². The number of carbonyl (C=O) groups excluding carboxylic acids is 1. The van der Waals surface area contributed by atoms with Crippen LogP contribution < -0.4 is 10.2 Å². The molecule has 132 valence electrons. The molecule has 8 heteroatoms. The fraction of sp³-hybridized carbons (Fsp3) is 0.353. The fourth-order valence-corrected chi connectivity index (χ4v) is 4.32. The first kappa shape index (κ1) is 18.4. The molecule has 0 radical (unpaired) electrons. The Morgan fingerprint density at radius 2 is 2.08 bits per heavy atom. The van der Waals surface area contributed by atoms with Crippen LogP contribution in [0.1, 0.15) is 5.56 Å². The summed E-state index contributed by atoms with van der Waals surface area (Å²) in [5, 5.41) is 4.31. The van der Waals surface area contributed by atoms with E-state index in [0.717, 1.165) is 46.7 Å². The number of benzene rings is 1.